The summed E-state index contributed by atoms with van der Waals surface area (Å²) >= 11 is 0. The van der Waals surface area contributed by atoms with E-state index in [0.29, 0.717) is 12.9 Å². The minimum atomic E-state index is -0.427. The Kier molecular flexibility index (Phi) is 8.72. The Hall–Kier alpha value is -1.35. The van der Waals surface area contributed by atoms with Crippen molar-refractivity contribution in [2.45, 2.75) is 64.1 Å². The van der Waals surface area contributed by atoms with E-state index in [1.807, 2.05) is 30.3 Å². The lowest BCUT2D eigenvalue weighted by molar-refractivity contribution is -0.134. The molecule has 0 spiro atoms. The highest BCUT2D eigenvalue weighted by molar-refractivity contribution is 5.37. The lowest BCUT2D eigenvalue weighted by atomic mass is 10.0. The molecular formula is C17H26O3. The zero-order valence-electron chi connectivity index (χ0n) is 12.3. The third kappa shape index (κ3) is 6.71. The third-order valence-electron chi connectivity index (χ3n) is 3.57. The molecule has 0 saturated carbocycles. The largest absolute Gasteiger partial charge is 0.465 e. The van der Waals surface area contributed by atoms with Crippen LogP contribution in [0.2, 0.25) is 0 Å². The number of carbonyl (C=O) groups is 1. The Morgan fingerprint density at radius 1 is 1.10 bits per heavy atom. The monoisotopic (exact) mass is 278 g/mol. The quantitative estimate of drug-likeness (QED) is 0.491. The van der Waals surface area contributed by atoms with Crippen LogP contribution in [-0.2, 0) is 9.53 Å². The fraction of sp³-hybridized carbons (Fsp3) is 0.588. The van der Waals surface area contributed by atoms with Gasteiger partial charge < -0.3 is 9.84 Å². The molecular weight excluding hydrogens is 252 g/mol. The molecule has 1 N–H and O–H groups in total. The Morgan fingerprint density at radius 2 is 1.80 bits per heavy atom. The molecule has 0 fully saturated rings. The molecule has 0 aliphatic rings. The number of aliphatic hydroxyl groups excluding tert-OH is 1. The van der Waals surface area contributed by atoms with E-state index in [9.17, 15) is 9.90 Å². The van der Waals surface area contributed by atoms with E-state index in [-0.39, 0.29) is 6.10 Å². The maximum atomic E-state index is 10.5. The zero-order valence-corrected chi connectivity index (χ0v) is 12.3. The molecule has 0 saturated heterocycles. The summed E-state index contributed by atoms with van der Waals surface area (Å²) in [4.78, 5) is 10.5. The van der Waals surface area contributed by atoms with Crippen LogP contribution >= 0.6 is 0 Å². The molecule has 0 amide bonds. The van der Waals surface area contributed by atoms with E-state index in [1.54, 1.807) is 0 Å². The van der Waals surface area contributed by atoms with E-state index in [4.69, 9.17) is 4.74 Å². The summed E-state index contributed by atoms with van der Waals surface area (Å²) in [6.45, 7) is 2.70. The first kappa shape index (κ1) is 16.7. The summed E-state index contributed by atoms with van der Waals surface area (Å²) in [5.74, 6) is 0. The Morgan fingerprint density at radius 3 is 2.45 bits per heavy atom. The zero-order chi connectivity index (χ0) is 14.6. The SMILES string of the molecule is CCCCC[C@@H](CCC[C@@H](O)c1ccccc1)OC=O. The molecule has 0 unspecified atom stereocenters. The Bertz CT molecular complexity index is 351. The van der Waals surface area contributed by atoms with Gasteiger partial charge in [0.15, 0.2) is 0 Å². The maximum absolute atomic E-state index is 10.5. The highest BCUT2D eigenvalue weighted by Crippen LogP contribution is 2.21. The van der Waals surface area contributed by atoms with Crippen molar-refractivity contribution in [3.63, 3.8) is 0 Å². The first-order valence-electron chi connectivity index (χ1n) is 7.60. The number of hydrogen-bond donors (Lipinski definition) is 1. The second kappa shape index (κ2) is 10.4. The van der Waals surface area contributed by atoms with Crippen LogP contribution in [0.1, 0.15) is 63.5 Å². The highest BCUT2D eigenvalue weighted by Gasteiger charge is 2.11. The molecule has 0 aromatic heterocycles. The van der Waals surface area contributed by atoms with Gasteiger partial charge in [-0.3, -0.25) is 4.79 Å². The molecule has 112 valence electrons. The van der Waals surface area contributed by atoms with E-state index in [1.165, 1.54) is 12.8 Å². The summed E-state index contributed by atoms with van der Waals surface area (Å²) in [5.41, 5.74) is 0.950. The van der Waals surface area contributed by atoms with Crippen molar-refractivity contribution < 1.29 is 14.6 Å². The van der Waals surface area contributed by atoms with Gasteiger partial charge in [-0.15, -0.1) is 0 Å². The van der Waals surface area contributed by atoms with Crippen LogP contribution in [0.4, 0.5) is 0 Å². The van der Waals surface area contributed by atoms with Crippen molar-refractivity contribution in [1.29, 1.82) is 0 Å². The van der Waals surface area contributed by atoms with Crippen LogP contribution in [0.25, 0.3) is 0 Å². The van der Waals surface area contributed by atoms with Crippen molar-refractivity contribution in [2.75, 3.05) is 0 Å². The second-order valence-electron chi connectivity index (χ2n) is 5.21. The van der Waals surface area contributed by atoms with Gasteiger partial charge in [0.25, 0.3) is 6.47 Å². The molecule has 0 radical (unpaired) electrons. The number of aliphatic hydroxyl groups is 1. The molecule has 0 heterocycles. The fourth-order valence-corrected chi connectivity index (χ4v) is 2.36. The molecule has 1 aromatic rings. The first-order valence-corrected chi connectivity index (χ1v) is 7.60. The van der Waals surface area contributed by atoms with Gasteiger partial charge >= 0.3 is 0 Å². The van der Waals surface area contributed by atoms with Gasteiger partial charge in [0.2, 0.25) is 0 Å². The summed E-state index contributed by atoms with van der Waals surface area (Å²) in [7, 11) is 0. The summed E-state index contributed by atoms with van der Waals surface area (Å²) in [5, 5.41) is 10.1. The topological polar surface area (TPSA) is 46.5 Å². The molecule has 1 rings (SSSR count). The Balaban J connectivity index is 2.27. The standard InChI is InChI=1S/C17H26O3/c1-2-3-5-11-16(20-14-18)12-8-13-17(19)15-9-6-4-7-10-15/h4,6-7,9-10,14,16-17,19H,2-3,5,8,11-13H2,1H3/t16-,17+/m0/s1. The fourth-order valence-electron chi connectivity index (χ4n) is 2.36. The predicted molar refractivity (Wildman–Crippen MR) is 80.3 cm³/mol. The number of rotatable bonds is 11. The van der Waals surface area contributed by atoms with Crippen LogP contribution in [0, 0.1) is 0 Å². The van der Waals surface area contributed by atoms with E-state index >= 15 is 0 Å². The van der Waals surface area contributed by atoms with Crippen LogP contribution in [0.5, 0.6) is 0 Å². The second-order valence-corrected chi connectivity index (χ2v) is 5.21. The van der Waals surface area contributed by atoms with E-state index < -0.39 is 6.10 Å². The van der Waals surface area contributed by atoms with Crippen LogP contribution < -0.4 is 0 Å². The van der Waals surface area contributed by atoms with Crippen molar-refractivity contribution >= 4 is 6.47 Å². The highest BCUT2D eigenvalue weighted by atomic mass is 16.5. The minimum absolute atomic E-state index is 0.00187. The van der Waals surface area contributed by atoms with Gasteiger partial charge in [-0.2, -0.15) is 0 Å². The number of carbonyl (C=O) groups excluding carboxylic acids is 1. The molecule has 0 aliphatic heterocycles. The smallest absolute Gasteiger partial charge is 0.293 e. The van der Waals surface area contributed by atoms with Gasteiger partial charge in [0.05, 0.1) is 6.10 Å². The van der Waals surface area contributed by atoms with Crippen LogP contribution in [0.3, 0.4) is 0 Å². The average Bonchev–Trinajstić information content (AvgIpc) is 2.48. The van der Waals surface area contributed by atoms with Gasteiger partial charge in [-0.05, 0) is 37.7 Å². The Labute approximate surface area is 122 Å². The van der Waals surface area contributed by atoms with Crippen molar-refractivity contribution in [1.82, 2.24) is 0 Å². The molecule has 0 bridgehead atoms. The van der Waals surface area contributed by atoms with Crippen molar-refractivity contribution in [2.24, 2.45) is 0 Å². The summed E-state index contributed by atoms with van der Waals surface area (Å²) in [6, 6.07) is 9.68. The number of unbranched alkanes of at least 4 members (excludes halogenated alkanes) is 2. The summed E-state index contributed by atoms with van der Waals surface area (Å²) < 4.78 is 5.11. The molecule has 2 atom stereocenters. The summed E-state index contributed by atoms with van der Waals surface area (Å²) in [6.07, 6.45) is 6.32. The lowest BCUT2D eigenvalue weighted by Gasteiger charge is -2.16. The van der Waals surface area contributed by atoms with Gasteiger partial charge in [0, 0.05) is 0 Å². The lowest BCUT2D eigenvalue weighted by Crippen LogP contribution is -2.12. The maximum Gasteiger partial charge on any atom is 0.293 e. The van der Waals surface area contributed by atoms with Gasteiger partial charge in [-0.1, -0.05) is 50.1 Å². The van der Waals surface area contributed by atoms with E-state index in [2.05, 4.69) is 6.92 Å². The van der Waals surface area contributed by atoms with Crippen molar-refractivity contribution in [3.8, 4) is 0 Å². The van der Waals surface area contributed by atoms with Crippen LogP contribution in [-0.4, -0.2) is 17.7 Å². The number of benzene rings is 1. The molecule has 3 heteroatoms. The molecule has 0 aliphatic carbocycles. The van der Waals surface area contributed by atoms with E-state index in [0.717, 1.165) is 31.2 Å². The van der Waals surface area contributed by atoms with Gasteiger partial charge in [-0.25, -0.2) is 0 Å². The molecule has 3 nitrogen and oxygen atoms in total. The normalized spacial score (nSPS) is 13.7. The third-order valence-corrected chi connectivity index (χ3v) is 3.57. The average molecular weight is 278 g/mol. The van der Waals surface area contributed by atoms with Crippen LogP contribution in [0.15, 0.2) is 30.3 Å². The predicted octanol–water partition coefficient (Wildman–Crippen LogP) is 4.01. The van der Waals surface area contributed by atoms with Gasteiger partial charge in [0.1, 0.15) is 6.10 Å². The number of ether oxygens (including phenoxy) is 1. The first-order chi connectivity index (χ1) is 9.77. The number of hydrogen-bond acceptors (Lipinski definition) is 3. The minimum Gasteiger partial charge on any atom is -0.465 e. The van der Waals surface area contributed by atoms with Crippen molar-refractivity contribution in [3.05, 3.63) is 35.9 Å². The molecule has 20 heavy (non-hydrogen) atoms. The molecule has 1 aromatic carbocycles.